The molecule has 4 rings (SSSR count). The molecule has 0 unspecified atom stereocenters. The van der Waals surface area contributed by atoms with E-state index in [2.05, 4.69) is 25.5 Å². The Bertz CT molecular complexity index is 714. The van der Waals surface area contributed by atoms with Gasteiger partial charge in [0.25, 0.3) is 0 Å². The zero-order valence-electron chi connectivity index (χ0n) is 16.1. The number of amides is 1. The van der Waals surface area contributed by atoms with Crippen LogP contribution in [0.3, 0.4) is 0 Å². The van der Waals surface area contributed by atoms with Crippen LogP contribution in [0.5, 0.6) is 0 Å². The standard InChI is InChI=1S/C22H30N4O/c27-21(22(9-1-2-10-22)20-6-3-11-23-17-20)26-14-7-19(8-15-26)5-4-13-25-16-12-24-18-25/h3,6,11-12,16-19H,1-2,4-5,7-10,13-15H2. The SMILES string of the molecule is O=C(N1CCC(CCCn2ccnc2)CC1)C1(c2cccnc2)CCCC1. The van der Waals surface area contributed by atoms with Crippen LogP contribution in [0.15, 0.2) is 43.2 Å². The molecule has 0 atom stereocenters. The van der Waals surface area contributed by atoms with Crippen LogP contribution >= 0.6 is 0 Å². The van der Waals surface area contributed by atoms with Crippen LogP contribution in [-0.2, 0) is 16.8 Å². The van der Waals surface area contributed by atoms with E-state index >= 15 is 0 Å². The van der Waals surface area contributed by atoms with Gasteiger partial charge in [-0.25, -0.2) is 4.98 Å². The molecule has 2 aromatic heterocycles. The van der Waals surface area contributed by atoms with Crippen molar-refractivity contribution in [2.45, 2.75) is 63.3 Å². The second-order valence-electron chi connectivity index (χ2n) is 8.21. The molecule has 0 N–H and O–H groups in total. The van der Waals surface area contributed by atoms with Crippen LogP contribution in [0.1, 0.15) is 56.9 Å². The van der Waals surface area contributed by atoms with Crippen molar-refractivity contribution in [2.75, 3.05) is 13.1 Å². The molecule has 5 nitrogen and oxygen atoms in total. The number of aromatic nitrogens is 3. The molecule has 5 heteroatoms. The first-order valence-electron chi connectivity index (χ1n) is 10.4. The van der Waals surface area contributed by atoms with Gasteiger partial charge in [0.15, 0.2) is 0 Å². The third-order valence-corrected chi connectivity index (χ3v) is 6.57. The zero-order chi connectivity index (χ0) is 18.5. The van der Waals surface area contributed by atoms with Gasteiger partial charge in [-0.3, -0.25) is 9.78 Å². The van der Waals surface area contributed by atoms with Crippen LogP contribution < -0.4 is 0 Å². The predicted molar refractivity (Wildman–Crippen MR) is 105 cm³/mol. The lowest BCUT2D eigenvalue weighted by Crippen LogP contribution is -2.48. The van der Waals surface area contributed by atoms with Crippen LogP contribution in [-0.4, -0.2) is 38.4 Å². The molecule has 0 bridgehead atoms. The monoisotopic (exact) mass is 366 g/mol. The summed E-state index contributed by atoms with van der Waals surface area (Å²) in [5, 5.41) is 0. The highest BCUT2D eigenvalue weighted by molar-refractivity contribution is 5.88. The van der Waals surface area contributed by atoms with Crippen molar-refractivity contribution in [3.63, 3.8) is 0 Å². The number of hydrogen-bond acceptors (Lipinski definition) is 3. The lowest BCUT2D eigenvalue weighted by atomic mass is 9.77. The van der Waals surface area contributed by atoms with E-state index in [4.69, 9.17) is 0 Å². The Morgan fingerprint density at radius 1 is 1.15 bits per heavy atom. The summed E-state index contributed by atoms with van der Waals surface area (Å²) in [6.45, 7) is 2.87. The predicted octanol–water partition coefficient (Wildman–Crippen LogP) is 3.81. The lowest BCUT2D eigenvalue weighted by Gasteiger charge is -2.38. The van der Waals surface area contributed by atoms with Crippen LogP contribution in [0.25, 0.3) is 0 Å². The molecular formula is C22H30N4O. The van der Waals surface area contributed by atoms with Gasteiger partial charge in [-0.15, -0.1) is 0 Å². The van der Waals surface area contributed by atoms with Gasteiger partial charge in [0.1, 0.15) is 0 Å². The Balaban J connectivity index is 1.32. The Morgan fingerprint density at radius 2 is 1.96 bits per heavy atom. The number of piperidine rings is 1. The first kappa shape index (κ1) is 18.2. The molecule has 3 heterocycles. The second-order valence-corrected chi connectivity index (χ2v) is 8.21. The Kier molecular flexibility index (Phi) is 5.55. The number of carbonyl (C=O) groups is 1. The van der Waals surface area contributed by atoms with Crippen molar-refractivity contribution < 1.29 is 4.79 Å². The molecule has 2 fully saturated rings. The third kappa shape index (κ3) is 3.92. The topological polar surface area (TPSA) is 51.0 Å². The van der Waals surface area contributed by atoms with Crippen LogP contribution in [0.4, 0.5) is 0 Å². The lowest BCUT2D eigenvalue weighted by molar-refractivity contribution is -0.138. The van der Waals surface area contributed by atoms with Crippen LogP contribution in [0.2, 0.25) is 0 Å². The minimum absolute atomic E-state index is 0.317. The van der Waals surface area contributed by atoms with Crippen molar-refractivity contribution in [3.8, 4) is 0 Å². The molecule has 2 aromatic rings. The fraction of sp³-hybridized carbons (Fsp3) is 0.591. The highest BCUT2D eigenvalue weighted by Crippen LogP contribution is 2.43. The first-order valence-corrected chi connectivity index (χ1v) is 10.4. The molecule has 0 spiro atoms. The number of pyridine rings is 1. The van der Waals surface area contributed by atoms with Gasteiger partial charge in [0.2, 0.25) is 5.91 Å². The Hall–Kier alpha value is -2.17. The Morgan fingerprint density at radius 3 is 2.63 bits per heavy atom. The van der Waals surface area contributed by atoms with Gasteiger partial charge in [-0.1, -0.05) is 18.9 Å². The summed E-state index contributed by atoms with van der Waals surface area (Å²) in [4.78, 5) is 24.0. The number of imidazole rings is 1. The molecule has 144 valence electrons. The maximum atomic E-state index is 13.5. The van der Waals surface area contributed by atoms with E-state index in [9.17, 15) is 4.79 Å². The summed E-state index contributed by atoms with van der Waals surface area (Å²) in [6, 6.07) is 4.06. The molecule has 1 aliphatic carbocycles. The number of likely N-dealkylation sites (tertiary alicyclic amines) is 1. The van der Waals surface area contributed by atoms with Gasteiger partial charge in [0, 0.05) is 44.4 Å². The minimum Gasteiger partial charge on any atom is -0.342 e. The maximum absolute atomic E-state index is 13.5. The van der Waals surface area contributed by atoms with Crippen molar-refractivity contribution in [1.29, 1.82) is 0 Å². The molecule has 0 aromatic carbocycles. The minimum atomic E-state index is -0.317. The van der Waals surface area contributed by atoms with E-state index in [0.717, 1.165) is 69.6 Å². The van der Waals surface area contributed by atoms with Crippen molar-refractivity contribution in [3.05, 3.63) is 48.8 Å². The van der Waals surface area contributed by atoms with Crippen molar-refractivity contribution in [1.82, 2.24) is 19.4 Å². The average Bonchev–Trinajstić information content (AvgIpc) is 3.42. The maximum Gasteiger partial charge on any atom is 0.233 e. The molecular weight excluding hydrogens is 336 g/mol. The molecule has 1 amide bonds. The molecule has 1 aliphatic heterocycles. The average molecular weight is 367 g/mol. The first-order chi connectivity index (χ1) is 13.3. The summed E-state index contributed by atoms with van der Waals surface area (Å²) < 4.78 is 2.15. The summed E-state index contributed by atoms with van der Waals surface area (Å²) in [6.07, 6.45) is 18.4. The molecule has 1 saturated carbocycles. The summed E-state index contributed by atoms with van der Waals surface area (Å²) in [5.74, 6) is 1.10. The number of hydrogen-bond donors (Lipinski definition) is 0. The second kappa shape index (κ2) is 8.24. The fourth-order valence-electron chi connectivity index (χ4n) is 4.96. The number of nitrogens with zero attached hydrogens (tertiary/aromatic N) is 4. The fourth-order valence-corrected chi connectivity index (χ4v) is 4.96. The smallest absolute Gasteiger partial charge is 0.233 e. The number of aryl methyl sites for hydroxylation is 1. The molecule has 0 radical (unpaired) electrons. The summed E-state index contributed by atoms with van der Waals surface area (Å²) in [7, 11) is 0. The molecule has 27 heavy (non-hydrogen) atoms. The number of carbonyl (C=O) groups excluding carboxylic acids is 1. The molecule has 2 aliphatic rings. The van der Waals surface area contributed by atoms with Gasteiger partial charge >= 0.3 is 0 Å². The highest BCUT2D eigenvalue weighted by Gasteiger charge is 2.45. The highest BCUT2D eigenvalue weighted by atomic mass is 16.2. The summed E-state index contributed by atoms with van der Waals surface area (Å²) >= 11 is 0. The van der Waals surface area contributed by atoms with Crippen molar-refractivity contribution in [2.24, 2.45) is 5.92 Å². The van der Waals surface area contributed by atoms with Crippen LogP contribution in [0, 0.1) is 5.92 Å². The van der Waals surface area contributed by atoms with E-state index in [1.54, 1.807) is 6.20 Å². The quantitative estimate of drug-likeness (QED) is 0.781. The van der Waals surface area contributed by atoms with E-state index < -0.39 is 0 Å². The largest absolute Gasteiger partial charge is 0.342 e. The summed E-state index contributed by atoms with van der Waals surface area (Å²) in [5.41, 5.74) is 0.803. The van der Waals surface area contributed by atoms with Gasteiger partial charge in [-0.05, 0) is 56.1 Å². The van der Waals surface area contributed by atoms with Gasteiger partial charge < -0.3 is 9.47 Å². The zero-order valence-corrected chi connectivity index (χ0v) is 16.1. The van der Waals surface area contributed by atoms with Gasteiger partial charge in [-0.2, -0.15) is 0 Å². The van der Waals surface area contributed by atoms with E-state index in [0.29, 0.717) is 5.91 Å². The van der Waals surface area contributed by atoms with Crippen molar-refractivity contribution >= 4 is 5.91 Å². The van der Waals surface area contributed by atoms with Gasteiger partial charge in [0.05, 0.1) is 11.7 Å². The van der Waals surface area contributed by atoms with E-state index in [1.807, 2.05) is 31.0 Å². The number of rotatable bonds is 6. The Labute approximate surface area is 161 Å². The van der Waals surface area contributed by atoms with E-state index in [-0.39, 0.29) is 5.41 Å². The molecule has 1 saturated heterocycles. The normalized spacial score (nSPS) is 20.1. The third-order valence-electron chi connectivity index (χ3n) is 6.57. The van der Waals surface area contributed by atoms with E-state index in [1.165, 1.54) is 12.8 Å².